The molecule has 1 aliphatic rings. The monoisotopic (exact) mass is 154 g/mol. The zero-order valence-corrected chi connectivity index (χ0v) is 6.51. The van der Waals surface area contributed by atoms with Gasteiger partial charge in [-0.05, 0) is 7.05 Å². The third kappa shape index (κ3) is 3.41. The lowest BCUT2D eigenvalue weighted by Gasteiger charge is -2.30. The third-order valence-corrected chi connectivity index (χ3v) is 1.91. The van der Waals surface area contributed by atoms with Crippen molar-refractivity contribution in [1.82, 2.24) is 9.80 Å². The Labute approximate surface area is 70.2 Å². The van der Waals surface area contributed by atoms with Crippen molar-refractivity contribution < 1.29 is 0 Å². The van der Waals surface area contributed by atoms with Crippen LogP contribution in [-0.4, -0.2) is 49.6 Å². The van der Waals surface area contributed by atoms with E-state index in [-0.39, 0.29) is 7.43 Å². The summed E-state index contributed by atoms with van der Waals surface area (Å²) >= 11 is 0. The number of hydrogen-bond acceptors (Lipinski definition) is 2. The predicted molar refractivity (Wildman–Crippen MR) is 49.5 cm³/mol. The second-order valence-electron chi connectivity index (χ2n) is 2.78. The molecule has 0 atom stereocenters. The molecule has 64 valence electrons. The Morgan fingerprint density at radius 3 is 2.27 bits per heavy atom. The molecule has 0 radical (unpaired) electrons. The van der Waals surface area contributed by atoms with Crippen molar-refractivity contribution in [3.63, 3.8) is 0 Å². The Hall–Kier alpha value is -0.520. The van der Waals surface area contributed by atoms with Crippen LogP contribution >= 0.6 is 0 Å². The first-order valence-electron chi connectivity index (χ1n) is 3.67. The molecule has 0 saturated carbocycles. The highest BCUT2D eigenvalue weighted by Gasteiger charge is 2.11. The lowest BCUT2D eigenvalue weighted by atomic mass is 10.3. The van der Waals surface area contributed by atoms with Crippen LogP contribution in [0, 0.1) is 12.3 Å². The molecule has 2 heteroatoms. The standard InChI is InChI=1S/C8H14N2.CH4/c1-3-4-10-7-5-9(2)6-8-10;/h1H,4-8H2,2H3;1H4. The fourth-order valence-electron chi connectivity index (χ4n) is 1.14. The topological polar surface area (TPSA) is 6.48 Å². The van der Waals surface area contributed by atoms with Gasteiger partial charge in [0.2, 0.25) is 0 Å². The second kappa shape index (κ2) is 5.17. The number of likely N-dealkylation sites (N-methyl/N-ethyl adjacent to an activating group) is 1. The molecule has 0 unspecified atom stereocenters. The molecular weight excluding hydrogens is 136 g/mol. The van der Waals surface area contributed by atoms with Crippen LogP contribution in [0.15, 0.2) is 0 Å². The second-order valence-corrected chi connectivity index (χ2v) is 2.78. The molecule has 0 amide bonds. The SMILES string of the molecule is C.C#CCN1CCN(C)CC1. The summed E-state index contributed by atoms with van der Waals surface area (Å²) < 4.78 is 0. The van der Waals surface area contributed by atoms with Crippen LogP contribution < -0.4 is 0 Å². The Kier molecular flexibility index (Phi) is 4.93. The molecule has 0 aromatic rings. The molecule has 0 spiro atoms. The normalized spacial score (nSPS) is 20.4. The van der Waals surface area contributed by atoms with Gasteiger partial charge in [-0.1, -0.05) is 13.3 Å². The first-order valence-corrected chi connectivity index (χ1v) is 3.67. The molecule has 0 aliphatic carbocycles. The van der Waals surface area contributed by atoms with Gasteiger partial charge in [-0.15, -0.1) is 6.42 Å². The maximum atomic E-state index is 5.19. The molecule has 1 fully saturated rings. The summed E-state index contributed by atoms with van der Waals surface area (Å²) in [5, 5.41) is 0. The van der Waals surface area contributed by atoms with Crippen LogP contribution in [0.4, 0.5) is 0 Å². The van der Waals surface area contributed by atoms with Gasteiger partial charge >= 0.3 is 0 Å². The smallest absolute Gasteiger partial charge is 0.0599 e. The Balaban J connectivity index is 0.000001000. The highest BCUT2D eigenvalue weighted by Crippen LogP contribution is 1.96. The van der Waals surface area contributed by atoms with Gasteiger partial charge in [-0.3, -0.25) is 4.90 Å². The summed E-state index contributed by atoms with van der Waals surface area (Å²) in [6.45, 7) is 5.37. The van der Waals surface area contributed by atoms with Gasteiger partial charge in [-0.2, -0.15) is 0 Å². The summed E-state index contributed by atoms with van der Waals surface area (Å²) in [5.41, 5.74) is 0. The molecule has 0 aromatic carbocycles. The van der Waals surface area contributed by atoms with Crippen LogP contribution in [0.3, 0.4) is 0 Å². The van der Waals surface area contributed by atoms with Crippen LogP contribution in [0.25, 0.3) is 0 Å². The van der Waals surface area contributed by atoms with Gasteiger partial charge in [0.1, 0.15) is 0 Å². The average molecular weight is 154 g/mol. The summed E-state index contributed by atoms with van der Waals surface area (Å²) in [5.74, 6) is 2.66. The zero-order valence-electron chi connectivity index (χ0n) is 6.51. The fourth-order valence-corrected chi connectivity index (χ4v) is 1.14. The van der Waals surface area contributed by atoms with Crippen molar-refractivity contribution in [3.8, 4) is 12.3 Å². The maximum Gasteiger partial charge on any atom is 0.0599 e. The van der Waals surface area contributed by atoms with Crippen LogP contribution in [0.1, 0.15) is 7.43 Å². The minimum Gasteiger partial charge on any atom is -0.304 e. The number of terminal acetylenes is 1. The summed E-state index contributed by atoms with van der Waals surface area (Å²) in [7, 11) is 2.15. The average Bonchev–Trinajstić information content (AvgIpc) is 1.95. The number of rotatable bonds is 1. The lowest BCUT2D eigenvalue weighted by Crippen LogP contribution is -2.44. The molecule has 11 heavy (non-hydrogen) atoms. The highest BCUT2D eigenvalue weighted by molar-refractivity contribution is 4.89. The van der Waals surface area contributed by atoms with Gasteiger partial charge in [0.05, 0.1) is 6.54 Å². The first kappa shape index (κ1) is 10.5. The minimum atomic E-state index is 0. The van der Waals surface area contributed by atoms with Crippen molar-refractivity contribution in [2.45, 2.75) is 7.43 Å². The maximum absolute atomic E-state index is 5.19. The minimum absolute atomic E-state index is 0. The number of nitrogens with zero attached hydrogens (tertiary/aromatic N) is 2. The van der Waals surface area contributed by atoms with E-state index in [4.69, 9.17) is 6.42 Å². The van der Waals surface area contributed by atoms with Crippen molar-refractivity contribution in [2.24, 2.45) is 0 Å². The summed E-state index contributed by atoms with van der Waals surface area (Å²) in [6.07, 6.45) is 5.19. The van der Waals surface area contributed by atoms with E-state index in [1.807, 2.05) is 0 Å². The van der Waals surface area contributed by atoms with Crippen molar-refractivity contribution in [3.05, 3.63) is 0 Å². The van der Waals surface area contributed by atoms with E-state index in [0.29, 0.717) is 0 Å². The van der Waals surface area contributed by atoms with Crippen LogP contribution in [-0.2, 0) is 0 Å². The van der Waals surface area contributed by atoms with Crippen LogP contribution in [0.5, 0.6) is 0 Å². The largest absolute Gasteiger partial charge is 0.304 e. The van der Waals surface area contributed by atoms with E-state index in [0.717, 1.165) is 32.7 Å². The van der Waals surface area contributed by atoms with E-state index in [2.05, 4.69) is 22.8 Å². The van der Waals surface area contributed by atoms with Crippen molar-refractivity contribution in [2.75, 3.05) is 39.8 Å². The Morgan fingerprint density at radius 1 is 1.27 bits per heavy atom. The fraction of sp³-hybridized carbons (Fsp3) is 0.778. The Bertz CT molecular complexity index is 129. The Morgan fingerprint density at radius 2 is 1.82 bits per heavy atom. The third-order valence-electron chi connectivity index (χ3n) is 1.91. The summed E-state index contributed by atoms with van der Waals surface area (Å²) in [6, 6.07) is 0. The molecule has 2 nitrogen and oxygen atoms in total. The van der Waals surface area contributed by atoms with Crippen molar-refractivity contribution in [1.29, 1.82) is 0 Å². The van der Waals surface area contributed by atoms with Gasteiger partial charge in [0, 0.05) is 26.2 Å². The molecule has 0 N–H and O–H groups in total. The number of hydrogen-bond donors (Lipinski definition) is 0. The predicted octanol–water partition coefficient (Wildman–Crippen LogP) is 0.503. The molecule has 1 heterocycles. The van der Waals surface area contributed by atoms with E-state index in [1.54, 1.807) is 0 Å². The molecule has 1 saturated heterocycles. The molecule has 1 rings (SSSR count). The first-order chi connectivity index (χ1) is 4.83. The zero-order chi connectivity index (χ0) is 7.40. The van der Waals surface area contributed by atoms with E-state index in [9.17, 15) is 0 Å². The molecule has 1 aliphatic heterocycles. The molecular formula is C9H18N2. The van der Waals surface area contributed by atoms with Gasteiger partial charge in [0.15, 0.2) is 0 Å². The lowest BCUT2D eigenvalue weighted by molar-refractivity contribution is 0.168. The van der Waals surface area contributed by atoms with Crippen LogP contribution in [0.2, 0.25) is 0 Å². The molecule has 0 bridgehead atoms. The van der Waals surface area contributed by atoms with E-state index in [1.165, 1.54) is 0 Å². The van der Waals surface area contributed by atoms with Gasteiger partial charge in [0.25, 0.3) is 0 Å². The number of piperazine rings is 1. The highest BCUT2D eigenvalue weighted by atomic mass is 15.2. The van der Waals surface area contributed by atoms with E-state index >= 15 is 0 Å². The quantitative estimate of drug-likeness (QED) is 0.508. The van der Waals surface area contributed by atoms with Gasteiger partial charge < -0.3 is 4.90 Å². The van der Waals surface area contributed by atoms with E-state index < -0.39 is 0 Å². The van der Waals surface area contributed by atoms with Gasteiger partial charge in [-0.25, -0.2) is 0 Å². The summed E-state index contributed by atoms with van der Waals surface area (Å²) in [4.78, 5) is 4.63. The molecule has 0 aromatic heterocycles. The van der Waals surface area contributed by atoms with Crippen molar-refractivity contribution >= 4 is 0 Å².